The molecule has 3 heterocycles. The number of carbonyl (C=O) groups excluding carboxylic acids is 1. The molecule has 1 aliphatic heterocycles. The lowest BCUT2D eigenvalue weighted by Crippen LogP contribution is -2.22. The molecule has 5 aromatic rings. The number of fused-ring (bicyclic) bond motifs is 3. The SMILES string of the molecule is COc1ccc(-c2[nH]ncc2[C@@H]2CC(=O)Oc3cc(O)c4c(=O)c(-c5ccccc5)coc4c32)cc1. The van der Waals surface area contributed by atoms with Gasteiger partial charge in [0.25, 0.3) is 0 Å². The van der Waals surface area contributed by atoms with Crippen LogP contribution in [0.15, 0.2) is 82.3 Å². The van der Waals surface area contributed by atoms with Gasteiger partial charge in [-0.2, -0.15) is 5.10 Å². The Bertz CT molecular complexity index is 1670. The monoisotopic (exact) mass is 480 g/mol. The second kappa shape index (κ2) is 8.42. The van der Waals surface area contributed by atoms with Gasteiger partial charge in [-0.25, -0.2) is 0 Å². The third kappa shape index (κ3) is 3.42. The number of nitrogens with one attached hydrogen (secondary N) is 1. The highest BCUT2D eigenvalue weighted by Crippen LogP contribution is 2.47. The van der Waals surface area contributed by atoms with Crippen molar-refractivity contribution in [3.8, 4) is 39.6 Å². The lowest BCUT2D eigenvalue weighted by molar-refractivity contribution is -0.135. The molecule has 2 N–H and O–H groups in total. The Kier molecular flexibility index (Phi) is 5.07. The number of carbonyl (C=O) groups is 1. The van der Waals surface area contributed by atoms with Crippen LogP contribution in [0.4, 0.5) is 0 Å². The van der Waals surface area contributed by atoms with Crippen LogP contribution < -0.4 is 14.9 Å². The van der Waals surface area contributed by atoms with Gasteiger partial charge in [0.15, 0.2) is 0 Å². The number of hydrogen-bond acceptors (Lipinski definition) is 7. The largest absolute Gasteiger partial charge is 0.507 e. The van der Waals surface area contributed by atoms with Crippen molar-refractivity contribution in [1.82, 2.24) is 10.2 Å². The normalized spacial score (nSPS) is 14.9. The van der Waals surface area contributed by atoms with Crippen LogP contribution in [0.25, 0.3) is 33.4 Å². The zero-order valence-electron chi connectivity index (χ0n) is 19.1. The van der Waals surface area contributed by atoms with Gasteiger partial charge in [0, 0.05) is 28.7 Å². The zero-order valence-corrected chi connectivity index (χ0v) is 19.1. The molecule has 8 heteroatoms. The van der Waals surface area contributed by atoms with Crippen molar-refractivity contribution in [2.75, 3.05) is 7.11 Å². The van der Waals surface area contributed by atoms with Crippen molar-refractivity contribution >= 4 is 16.9 Å². The molecule has 8 nitrogen and oxygen atoms in total. The summed E-state index contributed by atoms with van der Waals surface area (Å²) >= 11 is 0. The smallest absolute Gasteiger partial charge is 0.312 e. The van der Waals surface area contributed by atoms with Gasteiger partial charge < -0.3 is 19.0 Å². The highest BCUT2D eigenvalue weighted by molar-refractivity contribution is 5.94. The Hall–Kier alpha value is -4.85. The fraction of sp³-hybridized carbons (Fsp3) is 0.107. The number of esters is 1. The predicted molar refractivity (Wildman–Crippen MR) is 132 cm³/mol. The number of aromatic amines is 1. The van der Waals surface area contributed by atoms with Gasteiger partial charge in [-0.05, 0) is 29.8 Å². The van der Waals surface area contributed by atoms with Crippen molar-refractivity contribution in [2.45, 2.75) is 12.3 Å². The van der Waals surface area contributed by atoms with Crippen molar-refractivity contribution in [3.05, 3.63) is 94.5 Å². The molecule has 0 saturated heterocycles. The minimum Gasteiger partial charge on any atom is -0.507 e. The first kappa shape index (κ1) is 21.7. The topological polar surface area (TPSA) is 115 Å². The van der Waals surface area contributed by atoms with Crippen molar-refractivity contribution in [3.63, 3.8) is 0 Å². The van der Waals surface area contributed by atoms with Gasteiger partial charge in [0.05, 0.1) is 31.0 Å². The van der Waals surface area contributed by atoms with E-state index >= 15 is 0 Å². The highest BCUT2D eigenvalue weighted by atomic mass is 16.5. The number of phenolic OH excluding ortho intramolecular Hbond substituents is 1. The molecule has 0 spiro atoms. The Labute approximate surface area is 204 Å². The molecule has 178 valence electrons. The zero-order chi connectivity index (χ0) is 24.8. The molecule has 0 fully saturated rings. The van der Waals surface area contributed by atoms with Gasteiger partial charge in [-0.15, -0.1) is 0 Å². The number of aromatic hydroxyl groups is 1. The van der Waals surface area contributed by atoms with Crippen molar-refractivity contribution in [1.29, 1.82) is 0 Å². The van der Waals surface area contributed by atoms with Crippen LogP contribution in [0.2, 0.25) is 0 Å². The molecule has 0 saturated carbocycles. The van der Waals surface area contributed by atoms with E-state index in [4.69, 9.17) is 13.9 Å². The fourth-order valence-electron chi connectivity index (χ4n) is 4.76. The maximum atomic E-state index is 13.5. The summed E-state index contributed by atoms with van der Waals surface area (Å²) in [5.74, 6) is -0.434. The van der Waals surface area contributed by atoms with Crippen LogP contribution in [0, 0.1) is 0 Å². The first-order valence-corrected chi connectivity index (χ1v) is 11.3. The molecule has 3 aromatic carbocycles. The minimum atomic E-state index is -0.522. The van der Waals surface area contributed by atoms with Crippen molar-refractivity contribution < 1.29 is 23.8 Å². The number of benzene rings is 3. The third-order valence-corrected chi connectivity index (χ3v) is 6.48. The van der Waals surface area contributed by atoms with E-state index in [2.05, 4.69) is 10.2 Å². The van der Waals surface area contributed by atoms with Crippen LogP contribution in [0.3, 0.4) is 0 Å². The predicted octanol–water partition coefficient (Wildman–Crippen LogP) is 5.01. The number of hydrogen-bond donors (Lipinski definition) is 2. The molecule has 1 atom stereocenters. The van der Waals surface area contributed by atoms with E-state index in [0.717, 1.165) is 11.1 Å². The molecule has 2 aromatic heterocycles. The number of ether oxygens (including phenoxy) is 2. The molecule has 0 bridgehead atoms. The van der Waals surface area contributed by atoms with E-state index in [-0.39, 0.29) is 34.3 Å². The maximum Gasteiger partial charge on any atom is 0.312 e. The van der Waals surface area contributed by atoms with Gasteiger partial charge in [0.1, 0.15) is 34.5 Å². The number of H-pyrrole nitrogens is 1. The average molecular weight is 480 g/mol. The standard InChI is InChI=1S/C28H20N2O6/c1-34-17-9-7-16(8-10-17)26-19(13-29-30-26)18-11-23(32)36-22-12-21(31)25-27(33)20(14-35-28(25)24(18)22)15-5-3-2-4-6-15/h2-10,12-14,18,31H,11H2,1H3,(H,29,30)/t18-/m0/s1. The quantitative estimate of drug-likeness (QED) is 0.275. The molecule has 0 aliphatic carbocycles. The average Bonchev–Trinajstić information content (AvgIpc) is 3.38. The van der Waals surface area contributed by atoms with Gasteiger partial charge in [0.2, 0.25) is 5.43 Å². The molecular formula is C28H20N2O6. The van der Waals surface area contributed by atoms with Gasteiger partial charge in [-0.1, -0.05) is 30.3 Å². The summed E-state index contributed by atoms with van der Waals surface area (Å²) < 4.78 is 16.7. The molecule has 0 radical (unpaired) electrons. The first-order chi connectivity index (χ1) is 17.5. The summed E-state index contributed by atoms with van der Waals surface area (Å²) in [5, 5.41) is 18.1. The van der Waals surface area contributed by atoms with E-state index < -0.39 is 11.9 Å². The van der Waals surface area contributed by atoms with Crippen molar-refractivity contribution in [2.24, 2.45) is 0 Å². The second-order valence-corrected chi connectivity index (χ2v) is 8.52. The van der Waals surface area contributed by atoms with E-state index in [1.54, 1.807) is 25.4 Å². The summed E-state index contributed by atoms with van der Waals surface area (Å²) in [4.78, 5) is 26.1. The first-order valence-electron chi connectivity index (χ1n) is 11.3. The number of rotatable bonds is 4. The molecular weight excluding hydrogens is 460 g/mol. The number of phenols is 1. The third-order valence-electron chi connectivity index (χ3n) is 6.48. The Morgan fingerprint density at radius 2 is 1.83 bits per heavy atom. The molecule has 1 aliphatic rings. The van der Waals surface area contributed by atoms with Crippen LogP contribution >= 0.6 is 0 Å². The molecule has 0 unspecified atom stereocenters. The Balaban J connectivity index is 1.56. The number of methoxy groups -OCH3 is 1. The van der Waals surface area contributed by atoms with Crippen LogP contribution in [0.1, 0.15) is 23.5 Å². The van der Waals surface area contributed by atoms with E-state index in [1.807, 2.05) is 42.5 Å². The van der Waals surface area contributed by atoms with Crippen LogP contribution in [-0.2, 0) is 4.79 Å². The van der Waals surface area contributed by atoms with E-state index in [1.165, 1.54) is 12.3 Å². The summed E-state index contributed by atoms with van der Waals surface area (Å²) in [6.45, 7) is 0. The summed E-state index contributed by atoms with van der Waals surface area (Å²) in [5.41, 5.74) is 3.60. The summed E-state index contributed by atoms with van der Waals surface area (Å²) in [6, 6.07) is 17.8. The van der Waals surface area contributed by atoms with E-state index in [0.29, 0.717) is 28.1 Å². The van der Waals surface area contributed by atoms with Gasteiger partial charge >= 0.3 is 5.97 Å². The second-order valence-electron chi connectivity index (χ2n) is 8.52. The fourth-order valence-corrected chi connectivity index (χ4v) is 4.76. The van der Waals surface area contributed by atoms with E-state index in [9.17, 15) is 14.7 Å². The molecule has 36 heavy (non-hydrogen) atoms. The Morgan fingerprint density at radius 3 is 2.58 bits per heavy atom. The van der Waals surface area contributed by atoms with Gasteiger partial charge in [-0.3, -0.25) is 14.7 Å². The molecule has 6 rings (SSSR count). The van der Waals surface area contributed by atoms with Crippen LogP contribution in [0.5, 0.6) is 17.2 Å². The lowest BCUT2D eigenvalue weighted by atomic mass is 9.84. The number of nitrogens with zero attached hydrogens (tertiary/aromatic N) is 1. The number of aromatic nitrogens is 2. The summed E-state index contributed by atoms with van der Waals surface area (Å²) in [6.07, 6.45) is 3.05. The van der Waals surface area contributed by atoms with Crippen LogP contribution in [-0.4, -0.2) is 28.4 Å². The highest BCUT2D eigenvalue weighted by Gasteiger charge is 2.35. The summed E-state index contributed by atoms with van der Waals surface area (Å²) in [7, 11) is 1.60. The maximum absolute atomic E-state index is 13.5. The molecule has 0 amide bonds. The minimum absolute atomic E-state index is 0.0136. The Morgan fingerprint density at radius 1 is 1.06 bits per heavy atom. The lowest BCUT2D eigenvalue weighted by Gasteiger charge is -2.25.